The Balaban J connectivity index is 1.74. The summed E-state index contributed by atoms with van der Waals surface area (Å²) >= 11 is 0. The second kappa shape index (κ2) is 3.04. The van der Waals surface area contributed by atoms with E-state index in [0.29, 0.717) is 5.41 Å². The molecule has 4 bridgehead atoms. The number of allylic oxidation sites excluding steroid dienone is 1. The Labute approximate surface area is 97.8 Å². The van der Waals surface area contributed by atoms with Gasteiger partial charge >= 0.3 is 0 Å². The van der Waals surface area contributed by atoms with Crippen LogP contribution in [0.25, 0.3) is 0 Å². The lowest BCUT2D eigenvalue weighted by Crippen LogP contribution is -2.47. The lowest BCUT2D eigenvalue weighted by atomic mass is 9.47. The molecule has 1 heterocycles. The summed E-state index contributed by atoms with van der Waals surface area (Å²) in [5, 5.41) is 0. The molecule has 2 heteroatoms. The van der Waals surface area contributed by atoms with E-state index in [1.807, 2.05) is 0 Å². The largest absolute Gasteiger partial charge is 0.326 e. The SMILES string of the molecule is CC1=C(C23CC4CC(CC(C4)C2)C3)CNN1. The van der Waals surface area contributed by atoms with Crippen LogP contribution in [0.2, 0.25) is 0 Å². The molecular weight excluding hydrogens is 196 g/mol. The second-order valence-corrected chi connectivity index (χ2v) is 6.78. The minimum atomic E-state index is 0.606. The van der Waals surface area contributed by atoms with Gasteiger partial charge in [0, 0.05) is 12.2 Å². The van der Waals surface area contributed by atoms with Crippen LogP contribution in [0.15, 0.2) is 11.3 Å². The molecule has 4 fully saturated rings. The van der Waals surface area contributed by atoms with E-state index >= 15 is 0 Å². The van der Waals surface area contributed by atoms with E-state index < -0.39 is 0 Å². The summed E-state index contributed by atoms with van der Waals surface area (Å²) in [4.78, 5) is 0. The van der Waals surface area contributed by atoms with Crippen LogP contribution in [0.3, 0.4) is 0 Å². The molecule has 0 spiro atoms. The highest BCUT2D eigenvalue weighted by Gasteiger charge is 2.53. The maximum Gasteiger partial charge on any atom is 0.0384 e. The van der Waals surface area contributed by atoms with Crippen molar-refractivity contribution in [2.24, 2.45) is 23.2 Å². The number of hydrogen-bond donors (Lipinski definition) is 2. The Morgan fingerprint density at radius 1 is 1.00 bits per heavy atom. The normalized spacial score (nSPS) is 49.9. The van der Waals surface area contributed by atoms with Gasteiger partial charge in [-0.3, -0.25) is 0 Å². The van der Waals surface area contributed by atoms with Crippen molar-refractivity contribution in [2.45, 2.75) is 45.4 Å². The third-order valence-corrected chi connectivity index (χ3v) is 5.67. The van der Waals surface area contributed by atoms with E-state index in [1.165, 1.54) is 25.0 Å². The average Bonchev–Trinajstić information content (AvgIpc) is 2.62. The van der Waals surface area contributed by atoms with Crippen LogP contribution in [-0.2, 0) is 0 Å². The standard InChI is InChI=1S/C14H22N2/c1-9-13(8-15-16-9)14-5-10-2-11(6-14)4-12(3-10)7-14/h10-12,15-16H,2-8H2,1H3. The number of hydrogen-bond acceptors (Lipinski definition) is 2. The summed E-state index contributed by atoms with van der Waals surface area (Å²) in [6.07, 6.45) is 9.13. The zero-order chi connectivity index (χ0) is 10.8. The molecule has 0 aromatic heterocycles. The van der Waals surface area contributed by atoms with Crippen molar-refractivity contribution in [3.8, 4) is 0 Å². The van der Waals surface area contributed by atoms with Crippen molar-refractivity contribution in [2.75, 3.05) is 6.54 Å². The molecule has 5 aliphatic rings. The van der Waals surface area contributed by atoms with Crippen molar-refractivity contribution in [3.05, 3.63) is 11.3 Å². The minimum Gasteiger partial charge on any atom is -0.326 e. The zero-order valence-corrected chi connectivity index (χ0v) is 10.2. The van der Waals surface area contributed by atoms with E-state index in [2.05, 4.69) is 17.8 Å². The fourth-order valence-electron chi connectivity index (χ4n) is 5.54. The minimum absolute atomic E-state index is 0.606. The topological polar surface area (TPSA) is 24.1 Å². The highest BCUT2D eigenvalue weighted by molar-refractivity contribution is 5.28. The Morgan fingerprint density at radius 3 is 2.00 bits per heavy atom. The van der Waals surface area contributed by atoms with E-state index in [9.17, 15) is 0 Å². The summed E-state index contributed by atoms with van der Waals surface area (Å²) < 4.78 is 0. The summed E-state index contributed by atoms with van der Waals surface area (Å²) in [6.45, 7) is 3.35. The molecule has 0 aromatic rings. The van der Waals surface area contributed by atoms with E-state index in [0.717, 1.165) is 24.3 Å². The van der Waals surface area contributed by atoms with Gasteiger partial charge in [0.25, 0.3) is 0 Å². The van der Waals surface area contributed by atoms with Crippen molar-refractivity contribution in [3.63, 3.8) is 0 Å². The fourth-order valence-corrected chi connectivity index (χ4v) is 5.54. The van der Waals surface area contributed by atoms with Crippen LogP contribution < -0.4 is 10.9 Å². The zero-order valence-electron chi connectivity index (χ0n) is 10.2. The van der Waals surface area contributed by atoms with Crippen LogP contribution in [0.1, 0.15) is 45.4 Å². The first-order chi connectivity index (χ1) is 7.75. The molecule has 1 aliphatic heterocycles. The molecule has 2 N–H and O–H groups in total. The molecule has 0 aromatic carbocycles. The maximum absolute atomic E-state index is 3.32. The van der Waals surface area contributed by atoms with Gasteiger partial charge < -0.3 is 5.43 Å². The maximum atomic E-state index is 3.32. The highest BCUT2D eigenvalue weighted by atomic mass is 15.4. The van der Waals surface area contributed by atoms with Gasteiger partial charge in [0.1, 0.15) is 0 Å². The van der Waals surface area contributed by atoms with Crippen LogP contribution in [0, 0.1) is 23.2 Å². The third kappa shape index (κ3) is 1.17. The van der Waals surface area contributed by atoms with Crippen molar-refractivity contribution in [1.82, 2.24) is 10.9 Å². The lowest BCUT2D eigenvalue weighted by molar-refractivity contribution is -0.0311. The summed E-state index contributed by atoms with van der Waals surface area (Å²) in [7, 11) is 0. The second-order valence-electron chi connectivity index (χ2n) is 6.78. The van der Waals surface area contributed by atoms with Crippen LogP contribution in [0.5, 0.6) is 0 Å². The molecule has 88 valence electrons. The summed E-state index contributed by atoms with van der Waals surface area (Å²) in [5.41, 5.74) is 10.4. The Bertz CT molecular complexity index is 320. The summed E-state index contributed by atoms with van der Waals surface area (Å²) in [6, 6.07) is 0. The summed E-state index contributed by atoms with van der Waals surface area (Å²) in [5.74, 6) is 3.19. The number of nitrogens with one attached hydrogen (secondary N) is 2. The predicted molar refractivity (Wildman–Crippen MR) is 64.4 cm³/mol. The van der Waals surface area contributed by atoms with Crippen molar-refractivity contribution in [1.29, 1.82) is 0 Å². The van der Waals surface area contributed by atoms with Gasteiger partial charge in [-0.05, 0) is 74.2 Å². The molecule has 16 heavy (non-hydrogen) atoms. The van der Waals surface area contributed by atoms with Gasteiger partial charge in [-0.1, -0.05) is 0 Å². The van der Waals surface area contributed by atoms with Gasteiger partial charge in [0.05, 0.1) is 0 Å². The van der Waals surface area contributed by atoms with E-state index in [4.69, 9.17) is 0 Å². The first-order valence-electron chi connectivity index (χ1n) is 6.94. The van der Waals surface area contributed by atoms with Crippen LogP contribution >= 0.6 is 0 Å². The molecule has 5 rings (SSSR count). The fraction of sp³-hybridized carbons (Fsp3) is 0.857. The van der Waals surface area contributed by atoms with Crippen LogP contribution in [-0.4, -0.2) is 6.54 Å². The predicted octanol–water partition coefficient (Wildman–Crippen LogP) is 2.58. The number of rotatable bonds is 1. The quantitative estimate of drug-likeness (QED) is 0.707. The van der Waals surface area contributed by atoms with Crippen LogP contribution in [0.4, 0.5) is 0 Å². The molecule has 4 saturated carbocycles. The molecule has 0 amide bonds. The third-order valence-electron chi connectivity index (χ3n) is 5.67. The van der Waals surface area contributed by atoms with E-state index in [1.54, 1.807) is 24.8 Å². The monoisotopic (exact) mass is 218 g/mol. The van der Waals surface area contributed by atoms with E-state index in [-0.39, 0.29) is 0 Å². The van der Waals surface area contributed by atoms with Crippen molar-refractivity contribution < 1.29 is 0 Å². The van der Waals surface area contributed by atoms with Gasteiger partial charge in [-0.15, -0.1) is 0 Å². The van der Waals surface area contributed by atoms with Crippen molar-refractivity contribution >= 4 is 0 Å². The molecule has 0 saturated heterocycles. The Hall–Kier alpha value is -0.500. The Morgan fingerprint density at radius 2 is 1.56 bits per heavy atom. The van der Waals surface area contributed by atoms with Gasteiger partial charge in [-0.25, -0.2) is 5.43 Å². The van der Waals surface area contributed by atoms with Gasteiger partial charge in [0.15, 0.2) is 0 Å². The smallest absolute Gasteiger partial charge is 0.0384 e. The molecule has 4 aliphatic carbocycles. The Kier molecular flexibility index (Phi) is 1.81. The lowest BCUT2D eigenvalue weighted by Gasteiger charge is -2.57. The first kappa shape index (κ1) is 9.52. The van der Waals surface area contributed by atoms with Gasteiger partial charge in [0.2, 0.25) is 0 Å². The molecular formula is C14H22N2. The molecule has 0 atom stereocenters. The average molecular weight is 218 g/mol. The molecule has 0 radical (unpaired) electrons. The molecule has 0 unspecified atom stereocenters. The molecule has 2 nitrogen and oxygen atoms in total. The number of hydrazine groups is 1. The first-order valence-corrected chi connectivity index (χ1v) is 6.94. The highest BCUT2D eigenvalue weighted by Crippen LogP contribution is 2.63. The van der Waals surface area contributed by atoms with Gasteiger partial charge in [-0.2, -0.15) is 0 Å².